The maximum Gasteiger partial charge on any atom is 0.115 e. The molecule has 0 saturated heterocycles. The monoisotopic (exact) mass is 328 g/mol. The lowest BCUT2D eigenvalue weighted by Gasteiger charge is -2.19. The molecule has 0 fully saturated rings. The molecule has 0 aliphatic rings. The van der Waals surface area contributed by atoms with Gasteiger partial charge in [0.2, 0.25) is 0 Å². The second kappa shape index (κ2) is 6.90. The standard InChI is InChI=1S/C15H18Cl2N2S/c1-4-8-18-14(15-19-9(2)10(3)20-15)13-11(16)6-5-7-12(13)17/h5-7,14,18H,4,8H2,1-3H3. The summed E-state index contributed by atoms with van der Waals surface area (Å²) < 4.78 is 0. The summed E-state index contributed by atoms with van der Waals surface area (Å²) in [5.74, 6) is 0. The first-order valence-electron chi connectivity index (χ1n) is 6.65. The van der Waals surface area contributed by atoms with Crippen LogP contribution in [0.3, 0.4) is 0 Å². The van der Waals surface area contributed by atoms with Crippen LogP contribution in [0.5, 0.6) is 0 Å². The molecule has 1 aromatic carbocycles. The van der Waals surface area contributed by atoms with Gasteiger partial charge in [0.1, 0.15) is 5.01 Å². The molecule has 0 aliphatic heterocycles. The molecule has 1 aromatic heterocycles. The molecule has 0 bridgehead atoms. The Hall–Kier alpha value is -0.610. The van der Waals surface area contributed by atoms with E-state index in [1.54, 1.807) is 11.3 Å². The smallest absolute Gasteiger partial charge is 0.115 e. The van der Waals surface area contributed by atoms with Crippen LogP contribution in [0, 0.1) is 13.8 Å². The van der Waals surface area contributed by atoms with Gasteiger partial charge in [-0.05, 0) is 38.9 Å². The second-order valence-corrected chi connectivity index (χ2v) is 6.77. The first-order valence-corrected chi connectivity index (χ1v) is 8.23. The van der Waals surface area contributed by atoms with Crippen LogP contribution in [0.2, 0.25) is 10.0 Å². The van der Waals surface area contributed by atoms with E-state index in [1.165, 1.54) is 4.88 Å². The van der Waals surface area contributed by atoms with Gasteiger partial charge >= 0.3 is 0 Å². The third-order valence-corrected chi connectivity index (χ3v) is 4.98. The van der Waals surface area contributed by atoms with Crippen LogP contribution in [0.15, 0.2) is 18.2 Å². The Morgan fingerprint density at radius 2 is 1.90 bits per heavy atom. The van der Waals surface area contributed by atoms with E-state index in [1.807, 2.05) is 25.1 Å². The summed E-state index contributed by atoms with van der Waals surface area (Å²) in [6.07, 6.45) is 1.04. The molecule has 0 aliphatic carbocycles. The van der Waals surface area contributed by atoms with Gasteiger partial charge in [-0.2, -0.15) is 0 Å². The number of hydrogen-bond acceptors (Lipinski definition) is 3. The van der Waals surface area contributed by atoms with Crippen molar-refractivity contribution in [3.05, 3.63) is 49.4 Å². The van der Waals surface area contributed by atoms with Crippen molar-refractivity contribution < 1.29 is 0 Å². The lowest BCUT2D eigenvalue weighted by molar-refractivity contribution is 0.595. The van der Waals surface area contributed by atoms with E-state index >= 15 is 0 Å². The Kier molecular flexibility index (Phi) is 5.44. The molecule has 1 heterocycles. The SMILES string of the molecule is CCCNC(c1nc(C)c(C)s1)c1c(Cl)cccc1Cl. The molecule has 2 aromatic rings. The largest absolute Gasteiger partial charge is 0.304 e. The third-order valence-electron chi connectivity index (χ3n) is 3.18. The predicted octanol–water partition coefficient (Wildman–Crippen LogP) is 5.16. The number of halogens is 2. The van der Waals surface area contributed by atoms with E-state index < -0.39 is 0 Å². The average Bonchev–Trinajstić information content (AvgIpc) is 2.73. The van der Waals surface area contributed by atoms with E-state index in [2.05, 4.69) is 24.1 Å². The molecule has 1 atom stereocenters. The van der Waals surface area contributed by atoms with Gasteiger partial charge in [0, 0.05) is 20.5 Å². The van der Waals surface area contributed by atoms with Crippen molar-refractivity contribution >= 4 is 34.5 Å². The van der Waals surface area contributed by atoms with E-state index in [4.69, 9.17) is 23.2 Å². The summed E-state index contributed by atoms with van der Waals surface area (Å²) in [4.78, 5) is 5.89. The number of rotatable bonds is 5. The minimum absolute atomic E-state index is 0.0476. The Labute approximate surface area is 134 Å². The molecule has 0 radical (unpaired) electrons. The first kappa shape index (κ1) is 15.8. The topological polar surface area (TPSA) is 24.9 Å². The van der Waals surface area contributed by atoms with Gasteiger partial charge in [-0.3, -0.25) is 0 Å². The van der Waals surface area contributed by atoms with Crippen LogP contribution >= 0.6 is 34.5 Å². The number of aryl methyl sites for hydroxylation is 2. The number of aromatic nitrogens is 1. The molecule has 5 heteroatoms. The van der Waals surface area contributed by atoms with Gasteiger partial charge in [-0.15, -0.1) is 11.3 Å². The lowest BCUT2D eigenvalue weighted by atomic mass is 10.1. The Morgan fingerprint density at radius 1 is 1.25 bits per heavy atom. The number of nitrogens with one attached hydrogen (secondary N) is 1. The van der Waals surface area contributed by atoms with Crippen LogP contribution in [0.25, 0.3) is 0 Å². The molecule has 2 rings (SSSR count). The normalized spacial score (nSPS) is 12.7. The molecule has 2 nitrogen and oxygen atoms in total. The highest BCUT2D eigenvalue weighted by atomic mass is 35.5. The Bertz CT molecular complexity index is 556. The zero-order chi connectivity index (χ0) is 14.7. The molecular weight excluding hydrogens is 311 g/mol. The van der Waals surface area contributed by atoms with Crippen molar-refractivity contribution in [3.8, 4) is 0 Å². The van der Waals surface area contributed by atoms with Gasteiger partial charge in [0.05, 0.1) is 11.7 Å². The highest BCUT2D eigenvalue weighted by molar-refractivity contribution is 7.11. The van der Waals surface area contributed by atoms with Crippen LogP contribution in [-0.4, -0.2) is 11.5 Å². The van der Waals surface area contributed by atoms with Crippen molar-refractivity contribution in [2.24, 2.45) is 0 Å². The maximum atomic E-state index is 6.35. The summed E-state index contributed by atoms with van der Waals surface area (Å²) in [5, 5.41) is 5.88. The van der Waals surface area contributed by atoms with Crippen molar-refractivity contribution in [2.45, 2.75) is 33.2 Å². The van der Waals surface area contributed by atoms with Crippen molar-refractivity contribution in [3.63, 3.8) is 0 Å². The number of benzene rings is 1. The molecule has 0 spiro atoms. The van der Waals surface area contributed by atoms with Gasteiger partial charge in [0.25, 0.3) is 0 Å². The minimum atomic E-state index is -0.0476. The Balaban J connectivity index is 2.47. The van der Waals surface area contributed by atoms with Crippen LogP contribution in [0.1, 0.15) is 40.5 Å². The molecule has 1 N–H and O–H groups in total. The lowest BCUT2D eigenvalue weighted by Crippen LogP contribution is -2.23. The average molecular weight is 329 g/mol. The zero-order valence-electron chi connectivity index (χ0n) is 11.8. The van der Waals surface area contributed by atoms with Gasteiger partial charge in [-0.1, -0.05) is 36.2 Å². The Morgan fingerprint density at radius 3 is 2.40 bits per heavy atom. The predicted molar refractivity (Wildman–Crippen MR) is 88.2 cm³/mol. The molecule has 0 saturated carbocycles. The van der Waals surface area contributed by atoms with Crippen molar-refractivity contribution in [2.75, 3.05) is 6.54 Å². The molecule has 20 heavy (non-hydrogen) atoms. The van der Waals surface area contributed by atoms with Crippen molar-refractivity contribution in [1.29, 1.82) is 0 Å². The molecule has 108 valence electrons. The second-order valence-electron chi connectivity index (χ2n) is 4.72. The highest BCUT2D eigenvalue weighted by Gasteiger charge is 2.22. The number of thiazole rings is 1. The van der Waals surface area contributed by atoms with E-state index in [0.29, 0.717) is 10.0 Å². The van der Waals surface area contributed by atoms with Gasteiger partial charge in [-0.25, -0.2) is 4.98 Å². The first-order chi connectivity index (χ1) is 9.54. The summed E-state index contributed by atoms with van der Waals surface area (Å²) in [6, 6.07) is 5.56. The number of hydrogen-bond donors (Lipinski definition) is 1. The maximum absolute atomic E-state index is 6.35. The fraction of sp³-hybridized carbons (Fsp3) is 0.400. The van der Waals surface area contributed by atoms with E-state index in [-0.39, 0.29) is 6.04 Å². The van der Waals surface area contributed by atoms with Gasteiger partial charge < -0.3 is 5.32 Å². The summed E-state index contributed by atoms with van der Waals surface area (Å²) in [7, 11) is 0. The fourth-order valence-electron chi connectivity index (χ4n) is 2.01. The fourth-order valence-corrected chi connectivity index (χ4v) is 3.63. The zero-order valence-corrected chi connectivity index (χ0v) is 14.2. The van der Waals surface area contributed by atoms with Gasteiger partial charge in [0.15, 0.2) is 0 Å². The summed E-state index contributed by atoms with van der Waals surface area (Å²) >= 11 is 14.4. The minimum Gasteiger partial charge on any atom is -0.304 e. The number of nitrogens with zero attached hydrogens (tertiary/aromatic N) is 1. The third kappa shape index (κ3) is 3.34. The highest BCUT2D eigenvalue weighted by Crippen LogP contribution is 2.36. The quantitative estimate of drug-likeness (QED) is 0.820. The van der Waals surface area contributed by atoms with E-state index in [9.17, 15) is 0 Å². The summed E-state index contributed by atoms with van der Waals surface area (Å²) in [6.45, 7) is 7.14. The van der Waals surface area contributed by atoms with Crippen LogP contribution in [-0.2, 0) is 0 Å². The van der Waals surface area contributed by atoms with E-state index in [0.717, 1.165) is 29.2 Å². The molecule has 0 amide bonds. The van der Waals surface area contributed by atoms with Crippen LogP contribution in [0.4, 0.5) is 0 Å². The molecule has 1 unspecified atom stereocenters. The van der Waals surface area contributed by atoms with Crippen molar-refractivity contribution in [1.82, 2.24) is 10.3 Å². The molecular formula is C15H18Cl2N2S. The van der Waals surface area contributed by atoms with Crippen LogP contribution < -0.4 is 5.32 Å². The summed E-state index contributed by atoms with van der Waals surface area (Å²) in [5.41, 5.74) is 1.98.